The number of anilines is 2. The van der Waals surface area contributed by atoms with E-state index >= 15 is 0 Å². The molecule has 94 heavy (non-hydrogen) atoms. The number of amides is 1. The number of hydrogen-bond acceptors (Lipinski definition) is 13. The molecule has 0 saturated carbocycles. The zero-order valence-electron chi connectivity index (χ0n) is 56.3. The van der Waals surface area contributed by atoms with Crippen LogP contribution in [0.3, 0.4) is 0 Å². The molecule has 502 valence electrons. The Bertz CT molecular complexity index is 3720. The van der Waals surface area contributed by atoms with Crippen LogP contribution in [-0.4, -0.2) is 69.8 Å². The minimum absolute atomic E-state index is 0.0528. The lowest BCUT2D eigenvalue weighted by atomic mass is 10.1. The maximum Gasteiger partial charge on any atom is 0.338 e. The molecule has 3 N–H and O–H groups in total. The number of aromatic nitrogens is 4. The number of para-hydroxylation sites is 4. The number of unbranched alkanes of at least 4 members (excludes halogenated alkanes) is 22. The van der Waals surface area contributed by atoms with Crippen molar-refractivity contribution in [1.82, 2.24) is 19.1 Å². The molecule has 0 saturated heterocycles. The van der Waals surface area contributed by atoms with E-state index in [1.807, 2.05) is 79.7 Å². The fraction of sp³-hybridized carbons (Fsp3) is 0.436. The van der Waals surface area contributed by atoms with E-state index in [1.54, 1.807) is 86.8 Å². The monoisotopic (exact) mass is 1280 g/mol. The molecular formula is C78H100N6O10. The van der Waals surface area contributed by atoms with Gasteiger partial charge in [-0.15, -0.1) is 0 Å². The summed E-state index contributed by atoms with van der Waals surface area (Å²) >= 11 is 0. The minimum atomic E-state index is -0.403. The fourth-order valence-corrected chi connectivity index (χ4v) is 11.1. The Morgan fingerprint density at radius 1 is 0.457 bits per heavy atom. The standard InChI is InChI=1S/C38H47N3O4.C22H37NO3.C18H16N2O3/c1-3-4-5-6-7-8-9-10-11-12-13-19-26-45-38(44)30-25-24-29(2)34(27-30)40-36(42)28-35-39-33-23-18-17-22-32(33)37(43)41(35)31-20-15-14-16-21-31;1-3-4-5-6-7-8-9-10-11-12-13-14-17-26-22(24)19-15-16-21(25-2)20(23)18-19;1-2-23-17(21)12-16-19-15-11-7-6-10-14(15)18(22)20(16)13-8-4-3-5-9-13/h14-18,20-25,27H,3-13,19,26,28H2,1-2H3,(H,40,42);15-16,18H,3-14,17,23H2,1-2H3;3-11H,2,12H2,1H3. The average molecular weight is 1280 g/mol. The molecule has 0 atom stereocenters. The van der Waals surface area contributed by atoms with Crippen LogP contribution in [0.5, 0.6) is 5.75 Å². The summed E-state index contributed by atoms with van der Waals surface area (Å²) in [5, 5.41) is 3.92. The molecule has 6 aromatic carbocycles. The SMILES string of the molecule is CCCCCCCCCCCCCCOC(=O)c1ccc(C)c(NC(=O)Cc2nc3ccccc3c(=O)n2-c2ccccc2)c1.CCCCCCCCCCCCCCOC(=O)c1ccc(OC)c(N)c1.CCOC(=O)Cc1nc2ccccc2c(=O)n1-c1ccccc1. The van der Waals surface area contributed by atoms with Crippen molar-refractivity contribution in [3.05, 3.63) is 195 Å². The van der Waals surface area contributed by atoms with E-state index < -0.39 is 11.9 Å². The van der Waals surface area contributed by atoms with Gasteiger partial charge in [0.15, 0.2) is 0 Å². The lowest BCUT2D eigenvalue weighted by Gasteiger charge is -2.15. The topological polar surface area (TPSA) is 213 Å². The zero-order chi connectivity index (χ0) is 67.1. The van der Waals surface area contributed by atoms with Gasteiger partial charge in [-0.3, -0.25) is 28.3 Å². The Labute approximate surface area is 556 Å². The Balaban J connectivity index is 0.000000242. The first-order chi connectivity index (χ1) is 45.9. The van der Waals surface area contributed by atoms with Crippen LogP contribution >= 0.6 is 0 Å². The van der Waals surface area contributed by atoms with Crippen LogP contribution in [0.1, 0.15) is 213 Å². The van der Waals surface area contributed by atoms with Gasteiger partial charge in [0.1, 0.15) is 23.8 Å². The summed E-state index contributed by atoms with van der Waals surface area (Å²) < 4.78 is 23.9. The minimum Gasteiger partial charge on any atom is -0.495 e. The quantitative estimate of drug-likeness (QED) is 0.0161. The third-order valence-corrected chi connectivity index (χ3v) is 16.3. The van der Waals surface area contributed by atoms with Crippen LogP contribution in [0.15, 0.2) is 155 Å². The van der Waals surface area contributed by atoms with Crippen molar-refractivity contribution in [1.29, 1.82) is 0 Å². The van der Waals surface area contributed by atoms with Crippen LogP contribution in [0.2, 0.25) is 0 Å². The summed E-state index contributed by atoms with van der Waals surface area (Å²) in [5.74, 6) is -0.185. The van der Waals surface area contributed by atoms with Crippen molar-refractivity contribution >= 4 is 57.0 Å². The van der Waals surface area contributed by atoms with E-state index in [9.17, 15) is 28.8 Å². The number of nitrogens with zero attached hydrogens (tertiary/aromatic N) is 4. The second-order valence-electron chi connectivity index (χ2n) is 23.8. The Hall–Kier alpha value is -8.92. The van der Waals surface area contributed by atoms with Crippen LogP contribution < -0.4 is 26.9 Å². The molecule has 2 aromatic heterocycles. The molecule has 0 aliphatic heterocycles. The summed E-state index contributed by atoms with van der Waals surface area (Å²) in [4.78, 5) is 85.4. The third-order valence-electron chi connectivity index (χ3n) is 16.3. The highest BCUT2D eigenvalue weighted by Gasteiger charge is 2.19. The maximum atomic E-state index is 13.4. The molecule has 8 aromatic rings. The molecule has 0 bridgehead atoms. The van der Waals surface area contributed by atoms with Gasteiger partial charge in [0, 0.05) is 5.69 Å². The van der Waals surface area contributed by atoms with E-state index in [1.165, 1.54) is 131 Å². The molecule has 0 aliphatic carbocycles. The van der Waals surface area contributed by atoms with Crippen molar-refractivity contribution in [3.8, 4) is 17.1 Å². The number of esters is 3. The Morgan fingerprint density at radius 2 is 0.851 bits per heavy atom. The van der Waals surface area contributed by atoms with Crippen molar-refractivity contribution in [2.24, 2.45) is 0 Å². The van der Waals surface area contributed by atoms with Gasteiger partial charge in [-0.1, -0.05) is 222 Å². The van der Waals surface area contributed by atoms with Gasteiger partial charge < -0.3 is 30.0 Å². The molecule has 0 unspecified atom stereocenters. The van der Waals surface area contributed by atoms with Crippen LogP contribution in [0.25, 0.3) is 33.2 Å². The third kappa shape index (κ3) is 24.8. The van der Waals surface area contributed by atoms with E-state index in [-0.39, 0.29) is 35.8 Å². The van der Waals surface area contributed by atoms with Gasteiger partial charge in [0.05, 0.1) is 83.3 Å². The molecule has 8 rings (SSSR count). The molecule has 1 amide bonds. The molecule has 16 heteroatoms. The Kier molecular flexibility index (Phi) is 33.4. The van der Waals surface area contributed by atoms with E-state index in [4.69, 9.17) is 24.7 Å². The molecular weight excluding hydrogens is 1180 g/mol. The highest BCUT2D eigenvalue weighted by Crippen LogP contribution is 2.24. The summed E-state index contributed by atoms with van der Waals surface area (Å²) in [5.41, 5.74) is 10.5. The lowest BCUT2D eigenvalue weighted by molar-refractivity contribution is -0.142. The number of carbonyl (C=O) groups is 4. The predicted molar refractivity (Wildman–Crippen MR) is 379 cm³/mol. The number of nitrogens with one attached hydrogen (secondary N) is 1. The molecule has 0 radical (unpaired) electrons. The van der Waals surface area contributed by atoms with Gasteiger partial charge in [-0.2, -0.15) is 0 Å². The number of carbonyl (C=O) groups excluding carboxylic acids is 4. The van der Waals surface area contributed by atoms with E-state index in [0.717, 1.165) is 37.7 Å². The summed E-state index contributed by atoms with van der Waals surface area (Å²) in [6, 6.07) is 42.7. The lowest BCUT2D eigenvalue weighted by Crippen LogP contribution is -2.27. The van der Waals surface area contributed by atoms with Crippen LogP contribution in [-0.2, 0) is 36.6 Å². The second-order valence-corrected chi connectivity index (χ2v) is 23.8. The van der Waals surface area contributed by atoms with Crippen molar-refractivity contribution < 1.29 is 38.1 Å². The predicted octanol–water partition coefficient (Wildman–Crippen LogP) is 17.4. The van der Waals surface area contributed by atoms with Crippen molar-refractivity contribution in [3.63, 3.8) is 0 Å². The number of hydrogen-bond donors (Lipinski definition) is 2. The fourth-order valence-electron chi connectivity index (χ4n) is 11.1. The molecule has 0 fully saturated rings. The van der Waals surface area contributed by atoms with Crippen LogP contribution in [0.4, 0.5) is 11.4 Å². The molecule has 2 heterocycles. The number of nitrogen functional groups attached to an aromatic ring is 1. The normalized spacial score (nSPS) is 10.9. The number of methoxy groups -OCH3 is 1. The maximum absolute atomic E-state index is 13.4. The first-order valence-electron chi connectivity index (χ1n) is 34.3. The molecule has 16 nitrogen and oxygen atoms in total. The summed E-state index contributed by atoms with van der Waals surface area (Å²) in [7, 11) is 1.55. The summed E-state index contributed by atoms with van der Waals surface area (Å²) in [6.07, 6.45) is 30.4. The second kappa shape index (κ2) is 42.3. The van der Waals surface area contributed by atoms with E-state index in [0.29, 0.717) is 92.9 Å². The largest absolute Gasteiger partial charge is 0.495 e. The van der Waals surface area contributed by atoms with Crippen LogP contribution in [0, 0.1) is 6.92 Å². The smallest absolute Gasteiger partial charge is 0.338 e. The van der Waals surface area contributed by atoms with Crippen molar-refractivity contribution in [2.75, 3.05) is 38.0 Å². The van der Waals surface area contributed by atoms with Gasteiger partial charge in [-0.25, -0.2) is 19.6 Å². The number of nitrogens with two attached hydrogens (primary N) is 1. The number of benzene rings is 6. The number of fused-ring (bicyclic) bond motifs is 2. The van der Waals surface area contributed by atoms with E-state index in [2.05, 4.69) is 29.1 Å². The van der Waals surface area contributed by atoms with Gasteiger partial charge in [-0.05, 0) is 111 Å². The molecule has 0 spiro atoms. The highest BCUT2D eigenvalue weighted by atomic mass is 16.5. The van der Waals surface area contributed by atoms with Gasteiger partial charge >= 0.3 is 17.9 Å². The number of rotatable bonds is 37. The molecule has 0 aliphatic rings. The van der Waals surface area contributed by atoms with Gasteiger partial charge in [0.25, 0.3) is 11.1 Å². The zero-order valence-corrected chi connectivity index (χ0v) is 56.3. The number of aryl methyl sites for hydroxylation is 1. The first kappa shape index (κ1) is 74.1. The highest BCUT2D eigenvalue weighted by molar-refractivity contribution is 5.96. The van der Waals surface area contributed by atoms with Crippen molar-refractivity contribution in [2.45, 2.75) is 195 Å². The van der Waals surface area contributed by atoms with Gasteiger partial charge in [0.2, 0.25) is 5.91 Å². The Morgan fingerprint density at radius 3 is 1.28 bits per heavy atom. The first-order valence-corrected chi connectivity index (χ1v) is 34.3. The average Bonchev–Trinajstić information content (AvgIpc) is 0.792. The number of ether oxygens (including phenoxy) is 4. The summed E-state index contributed by atoms with van der Waals surface area (Å²) in [6.45, 7) is 9.28.